The summed E-state index contributed by atoms with van der Waals surface area (Å²) in [6.45, 7) is 3.91. The predicted molar refractivity (Wildman–Crippen MR) is 53.9 cm³/mol. The average molecular weight is 194 g/mol. The van der Waals surface area contributed by atoms with Gasteiger partial charge in [0.2, 0.25) is 0 Å². The van der Waals surface area contributed by atoms with Crippen molar-refractivity contribution in [1.29, 1.82) is 0 Å². The fraction of sp³-hybridized carbons (Fsp3) is 0.444. The van der Waals surface area contributed by atoms with Crippen LogP contribution in [0.1, 0.15) is 36.1 Å². The Bertz CT molecular complexity index is 349. The van der Waals surface area contributed by atoms with Gasteiger partial charge in [0.05, 0.1) is 11.9 Å². The maximum atomic E-state index is 11.3. The zero-order valence-electron chi connectivity index (χ0n) is 8.53. The smallest absolute Gasteiger partial charge is 0.271 e. The van der Waals surface area contributed by atoms with E-state index in [-0.39, 0.29) is 17.5 Å². The molecular weight excluding hydrogens is 180 g/mol. The third-order valence-electron chi connectivity index (χ3n) is 1.79. The SMILES string of the molecule is CNC(=O)c1nc(C(C)C)ncc1N. The Kier molecular flexibility index (Phi) is 3.01. The number of nitrogen functional groups attached to an aromatic ring is 1. The molecule has 76 valence electrons. The van der Waals surface area contributed by atoms with Gasteiger partial charge >= 0.3 is 0 Å². The monoisotopic (exact) mass is 194 g/mol. The highest BCUT2D eigenvalue weighted by molar-refractivity contribution is 5.96. The van der Waals surface area contributed by atoms with Gasteiger partial charge in [-0.15, -0.1) is 0 Å². The number of carbonyl (C=O) groups is 1. The first kappa shape index (κ1) is 10.4. The summed E-state index contributed by atoms with van der Waals surface area (Å²) in [6.07, 6.45) is 1.47. The second-order valence-electron chi connectivity index (χ2n) is 3.27. The summed E-state index contributed by atoms with van der Waals surface area (Å²) in [6, 6.07) is 0. The summed E-state index contributed by atoms with van der Waals surface area (Å²) in [7, 11) is 1.54. The standard InChI is InChI=1S/C9H14N4O/c1-5(2)8-12-4-6(10)7(13-8)9(14)11-3/h4-5H,10H2,1-3H3,(H,11,14). The van der Waals surface area contributed by atoms with Crippen molar-refractivity contribution in [3.63, 3.8) is 0 Å². The number of nitrogens with two attached hydrogens (primary N) is 1. The Morgan fingerprint density at radius 2 is 2.21 bits per heavy atom. The molecule has 5 nitrogen and oxygen atoms in total. The predicted octanol–water partition coefficient (Wildman–Crippen LogP) is 0.542. The van der Waals surface area contributed by atoms with Gasteiger partial charge in [-0.2, -0.15) is 0 Å². The van der Waals surface area contributed by atoms with Crippen LogP contribution in [0, 0.1) is 0 Å². The third kappa shape index (κ3) is 1.99. The molecule has 0 aliphatic carbocycles. The number of hydrogen-bond acceptors (Lipinski definition) is 4. The molecule has 1 aromatic heterocycles. The molecule has 14 heavy (non-hydrogen) atoms. The number of hydrogen-bond donors (Lipinski definition) is 2. The topological polar surface area (TPSA) is 80.9 Å². The van der Waals surface area contributed by atoms with Gasteiger partial charge < -0.3 is 11.1 Å². The van der Waals surface area contributed by atoms with E-state index in [4.69, 9.17) is 5.73 Å². The number of anilines is 1. The fourth-order valence-corrected chi connectivity index (χ4v) is 0.983. The normalized spacial score (nSPS) is 10.3. The van der Waals surface area contributed by atoms with Crippen molar-refractivity contribution in [3.05, 3.63) is 17.7 Å². The van der Waals surface area contributed by atoms with Gasteiger partial charge in [0.15, 0.2) is 5.69 Å². The summed E-state index contributed by atoms with van der Waals surface area (Å²) < 4.78 is 0. The quantitative estimate of drug-likeness (QED) is 0.720. The van der Waals surface area contributed by atoms with Crippen molar-refractivity contribution in [3.8, 4) is 0 Å². The molecule has 0 bridgehead atoms. The Balaban J connectivity index is 3.15. The molecule has 0 aliphatic heterocycles. The Morgan fingerprint density at radius 1 is 1.57 bits per heavy atom. The van der Waals surface area contributed by atoms with Crippen LogP contribution in [0.2, 0.25) is 0 Å². The van der Waals surface area contributed by atoms with E-state index in [2.05, 4.69) is 15.3 Å². The van der Waals surface area contributed by atoms with E-state index in [0.717, 1.165) is 0 Å². The molecule has 0 atom stereocenters. The Morgan fingerprint density at radius 3 is 2.71 bits per heavy atom. The number of amides is 1. The van der Waals surface area contributed by atoms with E-state index in [0.29, 0.717) is 11.5 Å². The van der Waals surface area contributed by atoms with Gasteiger partial charge in [0, 0.05) is 13.0 Å². The lowest BCUT2D eigenvalue weighted by Crippen LogP contribution is -2.22. The van der Waals surface area contributed by atoms with Gasteiger partial charge in [0.1, 0.15) is 5.82 Å². The molecule has 0 fully saturated rings. The molecule has 1 heterocycles. The lowest BCUT2D eigenvalue weighted by atomic mass is 10.2. The summed E-state index contributed by atoms with van der Waals surface area (Å²) in [5.74, 6) is 0.517. The summed E-state index contributed by atoms with van der Waals surface area (Å²) in [5, 5.41) is 2.48. The van der Waals surface area contributed by atoms with Crippen molar-refractivity contribution in [2.45, 2.75) is 19.8 Å². The zero-order chi connectivity index (χ0) is 10.7. The van der Waals surface area contributed by atoms with Crippen molar-refractivity contribution in [2.75, 3.05) is 12.8 Å². The highest BCUT2D eigenvalue weighted by atomic mass is 16.1. The molecule has 0 spiro atoms. The zero-order valence-corrected chi connectivity index (χ0v) is 8.53. The van der Waals surface area contributed by atoms with Crippen molar-refractivity contribution in [2.24, 2.45) is 0 Å². The fourth-order valence-electron chi connectivity index (χ4n) is 0.983. The Hall–Kier alpha value is -1.65. The molecule has 0 unspecified atom stereocenters. The molecule has 0 saturated heterocycles. The van der Waals surface area contributed by atoms with Crippen molar-refractivity contribution in [1.82, 2.24) is 15.3 Å². The summed E-state index contributed by atoms with van der Waals surface area (Å²) >= 11 is 0. The van der Waals surface area contributed by atoms with Gasteiger partial charge in [-0.1, -0.05) is 13.8 Å². The minimum absolute atomic E-state index is 0.180. The van der Waals surface area contributed by atoms with E-state index in [1.54, 1.807) is 7.05 Å². The number of aromatic nitrogens is 2. The van der Waals surface area contributed by atoms with E-state index >= 15 is 0 Å². The maximum absolute atomic E-state index is 11.3. The van der Waals surface area contributed by atoms with E-state index < -0.39 is 0 Å². The molecule has 1 aromatic rings. The molecule has 0 saturated carbocycles. The highest BCUT2D eigenvalue weighted by Crippen LogP contribution is 2.13. The molecule has 5 heteroatoms. The lowest BCUT2D eigenvalue weighted by molar-refractivity contribution is 0.0958. The minimum atomic E-state index is -0.285. The largest absolute Gasteiger partial charge is 0.396 e. The molecule has 0 aromatic carbocycles. The van der Waals surface area contributed by atoms with Crippen LogP contribution in [0.3, 0.4) is 0 Å². The summed E-state index contributed by atoms with van der Waals surface area (Å²) in [5.41, 5.74) is 6.12. The van der Waals surface area contributed by atoms with E-state index in [1.807, 2.05) is 13.8 Å². The number of nitrogens with zero attached hydrogens (tertiary/aromatic N) is 2. The first-order valence-corrected chi connectivity index (χ1v) is 4.40. The van der Waals surface area contributed by atoms with Crippen LogP contribution in [-0.2, 0) is 0 Å². The molecule has 1 amide bonds. The molecule has 3 N–H and O–H groups in total. The van der Waals surface area contributed by atoms with Crippen molar-refractivity contribution < 1.29 is 4.79 Å². The molecule has 0 radical (unpaired) electrons. The summed E-state index contributed by atoms with van der Waals surface area (Å²) in [4.78, 5) is 19.5. The van der Waals surface area contributed by atoms with Crippen LogP contribution in [0.15, 0.2) is 6.20 Å². The first-order chi connectivity index (χ1) is 6.56. The van der Waals surface area contributed by atoms with Gasteiger partial charge in [0.25, 0.3) is 5.91 Å². The van der Waals surface area contributed by atoms with Crippen LogP contribution < -0.4 is 11.1 Å². The van der Waals surface area contributed by atoms with Crippen LogP contribution in [0.25, 0.3) is 0 Å². The molecule has 0 aliphatic rings. The Labute approximate surface area is 82.7 Å². The maximum Gasteiger partial charge on any atom is 0.271 e. The minimum Gasteiger partial charge on any atom is -0.396 e. The van der Waals surface area contributed by atoms with E-state index in [1.165, 1.54) is 6.20 Å². The van der Waals surface area contributed by atoms with Crippen LogP contribution in [0.4, 0.5) is 5.69 Å². The number of rotatable bonds is 2. The van der Waals surface area contributed by atoms with Crippen molar-refractivity contribution >= 4 is 11.6 Å². The highest BCUT2D eigenvalue weighted by Gasteiger charge is 2.12. The number of nitrogens with one attached hydrogen (secondary N) is 1. The number of carbonyl (C=O) groups excluding carboxylic acids is 1. The van der Waals surface area contributed by atoms with Gasteiger partial charge in [-0.25, -0.2) is 9.97 Å². The van der Waals surface area contributed by atoms with E-state index in [9.17, 15) is 4.79 Å². The van der Waals surface area contributed by atoms with Gasteiger partial charge in [-0.05, 0) is 0 Å². The second-order valence-corrected chi connectivity index (χ2v) is 3.27. The van der Waals surface area contributed by atoms with Crippen LogP contribution >= 0.6 is 0 Å². The van der Waals surface area contributed by atoms with Gasteiger partial charge in [-0.3, -0.25) is 4.79 Å². The van der Waals surface area contributed by atoms with Crippen LogP contribution in [-0.4, -0.2) is 22.9 Å². The lowest BCUT2D eigenvalue weighted by Gasteiger charge is -2.07. The molecular formula is C9H14N4O. The second kappa shape index (κ2) is 4.04. The van der Waals surface area contributed by atoms with Crippen LogP contribution in [0.5, 0.6) is 0 Å². The molecule has 1 rings (SSSR count). The average Bonchev–Trinajstić information content (AvgIpc) is 2.17. The third-order valence-corrected chi connectivity index (χ3v) is 1.79. The first-order valence-electron chi connectivity index (χ1n) is 4.40.